The Kier molecular flexibility index (Phi) is 7.47. The Labute approximate surface area is 212 Å². The number of piperidine rings is 1. The first-order chi connectivity index (χ1) is 17.5. The molecular weight excluding hydrogens is 493 g/mol. The van der Waals surface area contributed by atoms with Crippen LogP contribution in [0.2, 0.25) is 0 Å². The second-order valence-electron chi connectivity index (χ2n) is 9.27. The van der Waals surface area contributed by atoms with E-state index in [0.29, 0.717) is 38.2 Å². The predicted octanol–water partition coefficient (Wildman–Crippen LogP) is 2.69. The normalized spacial score (nSPS) is 20.8. The molecule has 4 amide bonds. The molecule has 1 aromatic rings. The topological polar surface area (TPSA) is 99.3 Å². The third kappa shape index (κ3) is 5.28. The van der Waals surface area contributed by atoms with Crippen LogP contribution in [-0.4, -0.2) is 78.3 Å². The molecule has 1 unspecified atom stereocenters. The number of esters is 1. The molecule has 0 bridgehead atoms. The van der Waals surface area contributed by atoms with E-state index in [1.807, 2.05) is 0 Å². The SMILES string of the molecule is CCOC(=O)C1CCN(C(=O)CCN2CC3=C(C2=O)C(c2ccccc2C(F)(F)F)NC(=O)N3C)CC1. The molecule has 9 nitrogen and oxygen atoms in total. The molecule has 1 fully saturated rings. The van der Waals surface area contributed by atoms with Gasteiger partial charge in [-0.25, -0.2) is 4.79 Å². The summed E-state index contributed by atoms with van der Waals surface area (Å²) >= 11 is 0. The van der Waals surface area contributed by atoms with Crippen molar-refractivity contribution >= 4 is 23.8 Å². The van der Waals surface area contributed by atoms with Crippen molar-refractivity contribution in [2.24, 2.45) is 5.92 Å². The van der Waals surface area contributed by atoms with Crippen molar-refractivity contribution in [3.8, 4) is 0 Å². The summed E-state index contributed by atoms with van der Waals surface area (Å²) in [6.07, 6.45) is -3.64. The molecular formula is C25H29F3N4O5. The Balaban J connectivity index is 1.44. The zero-order valence-corrected chi connectivity index (χ0v) is 20.6. The first-order valence-electron chi connectivity index (χ1n) is 12.2. The quantitative estimate of drug-likeness (QED) is 0.580. The second-order valence-corrected chi connectivity index (χ2v) is 9.27. The van der Waals surface area contributed by atoms with E-state index in [0.717, 1.165) is 6.07 Å². The van der Waals surface area contributed by atoms with Gasteiger partial charge in [0.25, 0.3) is 5.91 Å². The van der Waals surface area contributed by atoms with Crippen LogP contribution in [0.1, 0.15) is 43.4 Å². The zero-order valence-electron chi connectivity index (χ0n) is 20.6. The average Bonchev–Trinajstić information content (AvgIpc) is 3.21. The minimum atomic E-state index is -4.67. The van der Waals surface area contributed by atoms with E-state index in [9.17, 15) is 32.3 Å². The summed E-state index contributed by atoms with van der Waals surface area (Å²) in [5, 5.41) is 2.52. The molecule has 200 valence electrons. The highest BCUT2D eigenvalue weighted by molar-refractivity contribution is 6.01. The van der Waals surface area contributed by atoms with E-state index in [4.69, 9.17) is 4.74 Å². The van der Waals surface area contributed by atoms with E-state index >= 15 is 0 Å². The summed E-state index contributed by atoms with van der Waals surface area (Å²) < 4.78 is 46.1. The van der Waals surface area contributed by atoms with Gasteiger partial charge in [-0.15, -0.1) is 0 Å². The molecule has 12 heteroatoms. The molecule has 0 radical (unpaired) electrons. The van der Waals surface area contributed by atoms with Crippen molar-refractivity contribution in [1.29, 1.82) is 0 Å². The lowest BCUT2D eigenvalue weighted by Crippen LogP contribution is -2.45. The number of halogens is 3. The maximum Gasteiger partial charge on any atom is 0.416 e. The number of ether oxygens (including phenoxy) is 1. The Morgan fingerprint density at radius 1 is 1.14 bits per heavy atom. The van der Waals surface area contributed by atoms with Gasteiger partial charge in [0.1, 0.15) is 0 Å². The second kappa shape index (κ2) is 10.4. The lowest BCUT2D eigenvalue weighted by Gasteiger charge is -2.32. The fourth-order valence-electron chi connectivity index (χ4n) is 5.06. The fourth-order valence-corrected chi connectivity index (χ4v) is 5.06. The monoisotopic (exact) mass is 522 g/mol. The van der Waals surface area contributed by atoms with Crippen LogP contribution >= 0.6 is 0 Å². The van der Waals surface area contributed by atoms with E-state index in [1.54, 1.807) is 11.8 Å². The highest BCUT2D eigenvalue weighted by Gasteiger charge is 2.45. The Morgan fingerprint density at radius 3 is 2.46 bits per heavy atom. The van der Waals surface area contributed by atoms with Crippen LogP contribution in [0.15, 0.2) is 35.5 Å². The Morgan fingerprint density at radius 2 is 1.81 bits per heavy atom. The number of amides is 4. The van der Waals surface area contributed by atoms with Gasteiger partial charge in [0, 0.05) is 33.1 Å². The van der Waals surface area contributed by atoms with Crippen LogP contribution in [0.5, 0.6) is 0 Å². The number of urea groups is 1. The summed E-state index contributed by atoms with van der Waals surface area (Å²) in [6, 6.07) is 2.98. The molecule has 1 atom stereocenters. The van der Waals surface area contributed by atoms with Crippen molar-refractivity contribution in [2.75, 3.05) is 39.8 Å². The number of nitrogens with one attached hydrogen (secondary N) is 1. The van der Waals surface area contributed by atoms with Crippen LogP contribution in [-0.2, 0) is 25.3 Å². The average molecular weight is 523 g/mol. The zero-order chi connectivity index (χ0) is 26.9. The van der Waals surface area contributed by atoms with Crippen LogP contribution in [0, 0.1) is 5.92 Å². The predicted molar refractivity (Wildman–Crippen MR) is 125 cm³/mol. The molecule has 1 aromatic carbocycles. The number of rotatable bonds is 6. The lowest BCUT2D eigenvalue weighted by atomic mass is 9.92. The summed E-state index contributed by atoms with van der Waals surface area (Å²) in [6.45, 7) is 2.92. The number of benzene rings is 1. The van der Waals surface area contributed by atoms with Gasteiger partial charge < -0.3 is 19.9 Å². The first-order valence-corrected chi connectivity index (χ1v) is 12.2. The minimum Gasteiger partial charge on any atom is -0.466 e. The lowest BCUT2D eigenvalue weighted by molar-refractivity contribution is -0.151. The van der Waals surface area contributed by atoms with Crippen LogP contribution in [0.3, 0.4) is 0 Å². The van der Waals surface area contributed by atoms with Crippen LogP contribution in [0.4, 0.5) is 18.0 Å². The molecule has 3 aliphatic heterocycles. The van der Waals surface area contributed by atoms with Crippen molar-refractivity contribution in [2.45, 2.75) is 38.4 Å². The molecule has 1 saturated heterocycles. The highest BCUT2D eigenvalue weighted by Crippen LogP contribution is 2.41. The molecule has 0 aromatic heterocycles. The van der Waals surface area contributed by atoms with Crippen molar-refractivity contribution in [3.05, 3.63) is 46.7 Å². The van der Waals surface area contributed by atoms with Gasteiger partial charge in [0.2, 0.25) is 5.91 Å². The van der Waals surface area contributed by atoms with Crippen molar-refractivity contribution < 1.29 is 37.1 Å². The van der Waals surface area contributed by atoms with Gasteiger partial charge in [0.05, 0.1) is 41.9 Å². The molecule has 3 heterocycles. The van der Waals surface area contributed by atoms with E-state index < -0.39 is 29.7 Å². The maximum atomic E-state index is 13.7. The molecule has 1 N–H and O–H groups in total. The number of carbonyl (C=O) groups is 4. The summed E-state index contributed by atoms with van der Waals surface area (Å²) in [5.41, 5.74) is -0.746. The molecule has 4 rings (SSSR count). The molecule has 3 aliphatic rings. The van der Waals surface area contributed by atoms with Gasteiger partial charge in [-0.1, -0.05) is 18.2 Å². The van der Waals surface area contributed by atoms with Crippen molar-refractivity contribution in [1.82, 2.24) is 20.0 Å². The Hall–Kier alpha value is -3.57. The largest absolute Gasteiger partial charge is 0.466 e. The van der Waals surface area contributed by atoms with Gasteiger partial charge in [-0.3, -0.25) is 19.3 Å². The minimum absolute atomic E-state index is 0.0149. The Bertz CT molecular complexity index is 1130. The third-order valence-electron chi connectivity index (χ3n) is 7.08. The molecule has 0 saturated carbocycles. The number of carbonyl (C=O) groups excluding carboxylic acids is 4. The molecule has 37 heavy (non-hydrogen) atoms. The number of hydrogen-bond acceptors (Lipinski definition) is 5. The number of nitrogens with zero attached hydrogens (tertiary/aromatic N) is 3. The van der Waals surface area contributed by atoms with Crippen LogP contribution in [0.25, 0.3) is 0 Å². The molecule has 0 aliphatic carbocycles. The number of hydrogen-bond donors (Lipinski definition) is 1. The number of likely N-dealkylation sites (tertiary alicyclic amines) is 1. The maximum absolute atomic E-state index is 13.7. The highest BCUT2D eigenvalue weighted by atomic mass is 19.4. The van der Waals surface area contributed by atoms with Gasteiger partial charge in [-0.2, -0.15) is 13.2 Å². The summed E-state index contributed by atoms with van der Waals surface area (Å²) in [5.74, 6) is -1.20. The summed E-state index contributed by atoms with van der Waals surface area (Å²) in [7, 11) is 1.45. The van der Waals surface area contributed by atoms with Crippen molar-refractivity contribution in [3.63, 3.8) is 0 Å². The van der Waals surface area contributed by atoms with Gasteiger partial charge in [-0.05, 0) is 31.4 Å². The van der Waals surface area contributed by atoms with Gasteiger partial charge >= 0.3 is 18.2 Å². The van der Waals surface area contributed by atoms with E-state index in [2.05, 4.69) is 5.32 Å². The van der Waals surface area contributed by atoms with E-state index in [1.165, 1.54) is 35.0 Å². The fraction of sp³-hybridized carbons (Fsp3) is 0.520. The smallest absolute Gasteiger partial charge is 0.416 e. The van der Waals surface area contributed by atoms with Crippen LogP contribution < -0.4 is 5.32 Å². The third-order valence-corrected chi connectivity index (χ3v) is 7.08. The van der Waals surface area contributed by atoms with Gasteiger partial charge in [0.15, 0.2) is 0 Å². The molecule has 0 spiro atoms. The first kappa shape index (κ1) is 26.5. The number of likely N-dealkylation sites (N-methyl/N-ethyl adjacent to an activating group) is 1. The summed E-state index contributed by atoms with van der Waals surface area (Å²) in [4.78, 5) is 54.9. The van der Waals surface area contributed by atoms with E-state index in [-0.39, 0.29) is 48.4 Å². The standard InChI is InChI=1S/C25H29F3N4O5/c1-3-37-23(35)15-8-11-31(12-9-15)19(33)10-13-32-14-18-20(22(32)34)21(29-24(36)30(18)2)16-6-4-5-7-17(16)25(26,27)28/h4-7,15,21H,3,8-14H2,1-2H3,(H,29,36). The number of alkyl halides is 3.